The second kappa shape index (κ2) is 6.28. The zero-order valence-electron chi connectivity index (χ0n) is 11.1. The number of hydrogen-bond acceptors (Lipinski definition) is 1. The number of carbonyl (C=O) groups is 1. The summed E-state index contributed by atoms with van der Waals surface area (Å²) in [6, 6.07) is 11.6. The van der Waals surface area contributed by atoms with Crippen molar-refractivity contribution in [2.45, 2.75) is 19.4 Å². The van der Waals surface area contributed by atoms with Crippen molar-refractivity contribution in [2.75, 3.05) is 0 Å². The molecule has 1 atom stereocenters. The van der Waals surface area contributed by atoms with E-state index < -0.39 is 0 Å². The Labute approximate surface area is 116 Å². The third-order valence-corrected chi connectivity index (χ3v) is 3.03. The molecule has 0 bridgehead atoms. The molecule has 20 heavy (non-hydrogen) atoms. The Hall–Kier alpha value is -2.23. The van der Waals surface area contributed by atoms with E-state index in [9.17, 15) is 13.6 Å². The predicted molar refractivity (Wildman–Crippen MR) is 73.1 cm³/mol. The molecule has 1 N–H and O–H groups in total. The van der Waals surface area contributed by atoms with E-state index in [1.54, 1.807) is 24.3 Å². The summed E-state index contributed by atoms with van der Waals surface area (Å²) in [4.78, 5) is 11.9. The van der Waals surface area contributed by atoms with Gasteiger partial charge >= 0.3 is 0 Å². The van der Waals surface area contributed by atoms with Gasteiger partial charge in [-0.05, 0) is 42.3 Å². The number of nitrogens with one attached hydrogen (secondary N) is 1. The zero-order chi connectivity index (χ0) is 14.5. The van der Waals surface area contributed by atoms with Gasteiger partial charge in [-0.3, -0.25) is 4.79 Å². The molecule has 0 saturated carbocycles. The predicted octanol–water partition coefficient (Wildman–Crippen LogP) is 3.38. The summed E-state index contributed by atoms with van der Waals surface area (Å²) in [6.45, 7) is 1.83. The second-order valence-electron chi connectivity index (χ2n) is 4.64. The number of rotatable bonds is 4. The van der Waals surface area contributed by atoms with Crippen molar-refractivity contribution in [3.63, 3.8) is 0 Å². The molecule has 2 rings (SSSR count). The number of halogens is 2. The first-order chi connectivity index (χ1) is 9.54. The standard InChI is InChI=1S/C16H15F2NO/c1-11(13-4-8-15(18)9-5-13)19-16(20)10-12-2-6-14(17)7-3-12/h2-9,11H,10H2,1H3,(H,19,20)/t11-/m0/s1. The highest BCUT2D eigenvalue weighted by atomic mass is 19.1. The van der Waals surface area contributed by atoms with Gasteiger partial charge in [-0.1, -0.05) is 24.3 Å². The van der Waals surface area contributed by atoms with E-state index in [0.29, 0.717) is 0 Å². The summed E-state index contributed by atoms with van der Waals surface area (Å²) in [5.41, 5.74) is 1.58. The summed E-state index contributed by atoms with van der Waals surface area (Å²) in [5, 5.41) is 2.82. The largest absolute Gasteiger partial charge is 0.349 e. The van der Waals surface area contributed by atoms with Gasteiger partial charge in [0.2, 0.25) is 5.91 Å². The zero-order valence-corrected chi connectivity index (χ0v) is 11.1. The summed E-state index contributed by atoms with van der Waals surface area (Å²) >= 11 is 0. The van der Waals surface area contributed by atoms with Gasteiger partial charge in [-0.15, -0.1) is 0 Å². The maximum absolute atomic E-state index is 12.8. The molecule has 0 saturated heterocycles. The van der Waals surface area contributed by atoms with Crippen LogP contribution in [0, 0.1) is 11.6 Å². The lowest BCUT2D eigenvalue weighted by molar-refractivity contribution is -0.121. The molecule has 0 radical (unpaired) electrons. The van der Waals surface area contributed by atoms with Crippen LogP contribution in [0.3, 0.4) is 0 Å². The Morgan fingerprint density at radius 2 is 1.50 bits per heavy atom. The van der Waals surface area contributed by atoms with Gasteiger partial charge in [0.1, 0.15) is 11.6 Å². The van der Waals surface area contributed by atoms with E-state index in [2.05, 4.69) is 5.32 Å². The van der Waals surface area contributed by atoms with E-state index in [0.717, 1.165) is 11.1 Å². The molecule has 0 fully saturated rings. The molecule has 0 aromatic heterocycles. The first-order valence-corrected chi connectivity index (χ1v) is 6.34. The van der Waals surface area contributed by atoms with Gasteiger partial charge in [0.15, 0.2) is 0 Å². The lowest BCUT2D eigenvalue weighted by Gasteiger charge is -2.14. The molecule has 0 aliphatic carbocycles. The Morgan fingerprint density at radius 1 is 1.00 bits per heavy atom. The highest BCUT2D eigenvalue weighted by molar-refractivity contribution is 5.78. The number of carbonyl (C=O) groups excluding carboxylic acids is 1. The minimum Gasteiger partial charge on any atom is -0.349 e. The molecule has 4 heteroatoms. The van der Waals surface area contributed by atoms with Crippen LogP contribution in [0.15, 0.2) is 48.5 Å². The third-order valence-electron chi connectivity index (χ3n) is 3.03. The Bertz CT molecular complexity index is 578. The average molecular weight is 275 g/mol. The summed E-state index contributed by atoms with van der Waals surface area (Å²) in [5.74, 6) is -0.791. The molecule has 104 valence electrons. The summed E-state index contributed by atoms with van der Waals surface area (Å²) < 4.78 is 25.6. The lowest BCUT2D eigenvalue weighted by atomic mass is 10.1. The number of benzene rings is 2. The normalized spacial score (nSPS) is 11.9. The van der Waals surface area contributed by atoms with E-state index in [4.69, 9.17) is 0 Å². The first kappa shape index (κ1) is 14.2. The average Bonchev–Trinajstić information content (AvgIpc) is 2.42. The molecule has 2 aromatic carbocycles. The van der Waals surface area contributed by atoms with Crippen molar-refractivity contribution < 1.29 is 13.6 Å². The number of hydrogen-bond donors (Lipinski definition) is 1. The highest BCUT2D eigenvalue weighted by Crippen LogP contribution is 2.13. The van der Waals surface area contributed by atoms with Gasteiger partial charge in [0, 0.05) is 0 Å². The lowest BCUT2D eigenvalue weighted by Crippen LogP contribution is -2.28. The fourth-order valence-electron chi connectivity index (χ4n) is 1.91. The minimum atomic E-state index is -0.325. The SMILES string of the molecule is C[C@H](NC(=O)Cc1ccc(F)cc1)c1ccc(F)cc1. The van der Waals surface area contributed by atoms with Crippen LogP contribution in [0.5, 0.6) is 0 Å². The fourth-order valence-corrected chi connectivity index (χ4v) is 1.91. The summed E-state index contributed by atoms with van der Waals surface area (Å²) in [6.07, 6.45) is 0.186. The molecule has 0 aliphatic rings. The number of amides is 1. The van der Waals surface area contributed by atoms with Crippen LogP contribution in [0.1, 0.15) is 24.1 Å². The van der Waals surface area contributed by atoms with Crippen molar-refractivity contribution in [1.82, 2.24) is 5.32 Å². The van der Waals surface area contributed by atoms with Crippen LogP contribution >= 0.6 is 0 Å². The molecule has 2 nitrogen and oxygen atoms in total. The molecule has 0 heterocycles. The van der Waals surface area contributed by atoms with Crippen LogP contribution in [-0.2, 0) is 11.2 Å². The van der Waals surface area contributed by atoms with Crippen molar-refractivity contribution in [3.05, 3.63) is 71.3 Å². The van der Waals surface area contributed by atoms with Crippen LogP contribution in [0.2, 0.25) is 0 Å². The Balaban J connectivity index is 1.93. The maximum Gasteiger partial charge on any atom is 0.224 e. The molecule has 1 amide bonds. The van der Waals surface area contributed by atoms with Gasteiger partial charge < -0.3 is 5.32 Å². The van der Waals surface area contributed by atoms with Gasteiger partial charge in [-0.25, -0.2) is 8.78 Å². The first-order valence-electron chi connectivity index (χ1n) is 6.34. The smallest absolute Gasteiger partial charge is 0.224 e. The molecule has 0 spiro atoms. The molecular weight excluding hydrogens is 260 g/mol. The van der Waals surface area contributed by atoms with E-state index in [1.165, 1.54) is 24.3 Å². The highest BCUT2D eigenvalue weighted by Gasteiger charge is 2.10. The van der Waals surface area contributed by atoms with Crippen LogP contribution in [-0.4, -0.2) is 5.91 Å². The van der Waals surface area contributed by atoms with Crippen molar-refractivity contribution >= 4 is 5.91 Å². The van der Waals surface area contributed by atoms with Crippen LogP contribution < -0.4 is 5.32 Å². The van der Waals surface area contributed by atoms with Crippen LogP contribution in [0.25, 0.3) is 0 Å². The molecule has 0 unspecified atom stereocenters. The molecule has 0 aliphatic heterocycles. The van der Waals surface area contributed by atoms with E-state index in [-0.39, 0.29) is 30.0 Å². The molecule has 2 aromatic rings. The van der Waals surface area contributed by atoms with Gasteiger partial charge in [0.05, 0.1) is 12.5 Å². The van der Waals surface area contributed by atoms with Crippen LogP contribution in [0.4, 0.5) is 8.78 Å². The van der Waals surface area contributed by atoms with E-state index >= 15 is 0 Å². The second-order valence-corrected chi connectivity index (χ2v) is 4.64. The van der Waals surface area contributed by atoms with Crippen molar-refractivity contribution in [1.29, 1.82) is 0 Å². The topological polar surface area (TPSA) is 29.1 Å². The summed E-state index contributed by atoms with van der Waals surface area (Å²) in [7, 11) is 0. The van der Waals surface area contributed by atoms with Crippen molar-refractivity contribution in [2.24, 2.45) is 0 Å². The third kappa shape index (κ3) is 3.88. The quantitative estimate of drug-likeness (QED) is 0.910. The van der Waals surface area contributed by atoms with Gasteiger partial charge in [-0.2, -0.15) is 0 Å². The minimum absolute atomic E-state index is 0.159. The Kier molecular flexibility index (Phi) is 4.45. The van der Waals surface area contributed by atoms with E-state index in [1.807, 2.05) is 6.92 Å². The van der Waals surface area contributed by atoms with Crippen molar-refractivity contribution in [3.8, 4) is 0 Å². The Morgan fingerprint density at radius 3 is 2.05 bits per heavy atom. The van der Waals surface area contributed by atoms with Gasteiger partial charge in [0.25, 0.3) is 0 Å². The maximum atomic E-state index is 12.8. The monoisotopic (exact) mass is 275 g/mol. The molecular formula is C16H15F2NO. The fraction of sp³-hybridized carbons (Fsp3) is 0.188.